The van der Waals surface area contributed by atoms with Crippen LogP contribution in [0, 0.1) is 5.82 Å². The highest BCUT2D eigenvalue weighted by molar-refractivity contribution is 6.30. The van der Waals surface area contributed by atoms with Crippen LogP contribution in [-0.4, -0.2) is 47.1 Å². The van der Waals surface area contributed by atoms with Gasteiger partial charge in [-0.05, 0) is 54.6 Å². The van der Waals surface area contributed by atoms with Gasteiger partial charge in [-0.25, -0.2) is 9.37 Å². The number of ether oxygens (including phenoxy) is 1. The molecule has 0 amide bonds. The number of anilines is 1. The molecule has 1 aromatic heterocycles. The SMILES string of the molecule is O/N=C(/c1ccc(Oc2ccc(Cl)cc2)nc1)N1CCN(c2ccc(F)cc2)CC1. The number of oxime groups is 1. The number of amidine groups is 1. The third-order valence-corrected chi connectivity index (χ3v) is 5.15. The molecular formula is C22H20ClFN4O2. The van der Waals surface area contributed by atoms with E-state index in [0.29, 0.717) is 41.1 Å². The number of nitrogens with zero attached hydrogens (tertiary/aromatic N) is 4. The average molecular weight is 427 g/mol. The summed E-state index contributed by atoms with van der Waals surface area (Å²) in [4.78, 5) is 8.48. The summed E-state index contributed by atoms with van der Waals surface area (Å²) in [6, 6.07) is 17.0. The number of benzene rings is 2. The highest BCUT2D eigenvalue weighted by Crippen LogP contribution is 2.22. The van der Waals surface area contributed by atoms with E-state index in [1.165, 1.54) is 12.1 Å². The highest BCUT2D eigenvalue weighted by Gasteiger charge is 2.22. The first-order valence-electron chi connectivity index (χ1n) is 9.50. The second-order valence-corrected chi connectivity index (χ2v) is 7.25. The fourth-order valence-corrected chi connectivity index (χ4v) is 3.45. The van der Waals surface area contributed by atoms with Gasteiger partial charge in [0.15, 0.2) is 5.84 Å². The molecule has 8 heteroatoms. The maximum Gasteiger partial charge on any atom is 0.219 e. The molecule has 4 rings (SSSR count). The van der Waals surface area contributed by atoms with Crippen molar-refractivity contribution in [3.8, 4) is 11.6 Å². The van der Waals surface area contributed by atoms with Crippen LogP contribution in [0.25, 0.3) is 0 Å². The number of rotatable bonds is 4. The van der Waals surface area contributed by atoms with Gasteiger partial charge in [0, 0.05) is 54.7 Å². The fourth-order valence-electron chi connectivity index (χ4n) is 3.33. The van der Waals surface area contributed by atoms with E-state index in [4.69, 9.17) is 16.3 Å². The molecule has 0 unspecified atom stereocenters. The van der Waals surface area contributed by atoms with Gasteiger partial charge in [-0.1, -0.05) is 16.8 Å². The van der Waals surface area contributed by atoms with Crippen LogP contribution in [0.4, 0.5) is 10.1 Å². The van der Waals surface area contributed by atoms with E-state index >= 15 is 0 Å². The Hall–Kier alpha value is -3.32. The smallest absolute Gasteiger partial charge is 0.219 e. The van der Waals surface area contributed by atoms with Crippen LogP contribution in [0.2, 0.25) is 5.02 Å². The molecular weight excluding hydrogens is 407 g/mol. The van der Waals surface area contributed by atoms with Gasteiger partial charge < -0.3 is 19.7 Å². The lowest BCUT2D eigenvalue weighted by molar-refractivity contribution is 0.296. The van der Waals surface area contributed by atoms with Gasteiger partial charge in [-0.15, -0.1) is 0 Å². The summed E-state index contributed by atoms with van der Waals surface area (Å²) in [5.74, 6) is 1.27. The summed E-state index contributed by atoms with van der Waals surface area (Å²) in [7, 11) is 0. The molecule has 1 saturated heterocycles. The van der Waals surface area contributed by atoms with E-state index < -0.39 is 0 Å². The van der Waals surface area contributed by atoms with E-state index in [0.717, 1.165) is 18.8 Å². The lowest BCUT2D eigenvalue weighted by Gasteiger charge is -2.37. The summed E-state index contributed by atoms with van der Waals surface area (Å²) in [5.41, 5.74) is 1.67. The zero-order valence-corrected chi connectivity index (χ0v) is 16.8. The summed E-state index contributed by atoms with van der Waals surface area (Å²) in [6.07, 6.45) is 1.62. The lowest BCUT2D eigenvalue weighted by atomic mass is 10.2. The zero-order valence-electron chi connectivity index (χ0n) is 16.1. The molecule has 1 aliphatic rings. The largest absolute Gasteiger partial charge is 0.439 e. The molecule has 0 saturated carbocycles. The van der Waals surface area contributed by atoms with E-state index in [9.17, 15) is 9.60 Å². The number of hydrogen-bond acceptors (Lipinski definition) is 5. The minimum atomic E-state index is -0.247. The van der Waals surface area contributed by atoms with Gasteiger partial charge >= 0.3 is 0 Å². The van der Waals surface area contributed by atoms with E-state index in [1.807, 2.05) is 4.90 Å². The normalized spacial score (nSPS) is 14.7. The Labute approximate surface area is 178 Å². The molecule has 0 aliphatic carbocycles. The van der Waals surface area contributed by atoms with Gasteiger partial charge in [0.1, 0.15) is 11.6 Å². The van der Waals surface area contributed by atoms with Crippen molar-refractivity contribution in [3.63, 3.8) is 0 Å². The maximum atomic E-state index is 13.1. The van der Waals surface area contributed by atoms with Crippen LogP contribution in [-0.2, 0) is 0 Å². The number of pyridine rings is 1. The number of aromatic nitrogens is 1. The monoisotopic (exact) mass is 426 g/mol. The first-order valence-corrected chi connectivity index (χ1v) is 9.87. The Morgan fingerprint density at radius 3 is 2.27 bits per heavy atom. The maximum absolute atomic E-state index is 13.1. The lowest BCUT2D eigenvalue weighted by Crippen LogP contribution is -2.49. The van der Waals surface area contributed by atoms with Crippen molar-refractivity contribution in [3.05, 3.63) is 83.3 Å². The Balaban J connectivity index is 1.39. The third kappa shape index (κ3) is 4.63. The van der Waals surface area contributed by atoms with Crippen LogP contribution in [0.1, 0.15) is 5.56 Å². The van der Waals surface area contributed by atoms with Crippen molar-refractivity contribution in [2.45, 2.75) is 0 Å². The van der Waals surface area contributed by atoms with Crippen molar-refractivity contribution >= 4 is 23.1 Å². The molecule has 6 nitrogen and oxygen atoms in total. The number of piperazine rings is 1. The van der Waals surface area contributed by atoms with Crippen molar-refractivity contribution in [1.29, 1.82) is 0 Å². The second kappa shape index (κ2) is 9.00. The van der Waals surface area contributed by atoms with Crippen LogP contribution < -0.4 is 9.64 Å². The highest BCUT2D eigenvalue weighted by atomic mass is 35.5. The minimum Gasteiger partial charge on any atom is -0.439 e. The Morgan fingerprint density at radius 1 is 0.967 bits per heavy atom. The van der Waals surface area contributed by atoms with Gasteiger partial charge in [0.2, 0.25) is 5.88 Å². The molecule has 2 heterocycles. The summed E-state index contributed by atoms with van der Waals surface area (Å²) >= 11 is 5.88. The van der Waals surface area contributed by atoms with Crippen LogP contribution >= 0.6 is 11.6 Å². The number of halogens is 2. The van der Waals surface area contributed by atoms with Gasteiger partial charge in [-0.2, -0.15) is 0 Å². The van der Waals surface area contributed by atoms with Crippen LogP contribution in [0.5, 0.6) is 11.6 Å². The summed E-state index contributed by atoms with van der Waals surface area (Å²) < 4.78 is 18.8. The zero-order chi connectivity index (χ0) is 20.9. The fraction of sp³-hybridized carbons (Fsp3) is 0.182. The van der Waals surface area contributed by atoms with Crippen LogP contribution in [0.3, 0.4) is 0 Å². The molecule has 2 aromatic carbocycles. The topological polar surface area (TPSA) is 61.2 Å². The van der Waals surface area contributed by atoms with Gasteiger partial charge in [0.05, 0.1) is 0 Å². The predicted octanol–water partition coefficient (Wildman–Crippen LogP) is 4.62. The molecule has 0 atom stereocenters. The van der Waals surface area contributed by atoms with Crippen molar-refractivity contribution < 1.29 is 14.3 Å². The molecule has 0 radical (unpaired) electrons. The average Bonchev–Trinajstić information content (AvgIpc) is 2.78. The molecule has 3 aromatic rings. The minimum absolute atomic E-state index is 0.247. The molecule has 1 fully saturated rings. The Morgan fingerprint density at radius 2 is 1.67 bits per heavy atom. The van der Waals surface area contributed by atoms with Gasteiger partial charge in [0.25, 0.3) is 0 Å². The molecule has 1 aliphatic heterocycles. The number of hydrogen-bond donors (Lipinski definition) is 1. The molecule has 30 heavy (non-hydrogen) atoms. The summed E-state index contributed by atoms with van der Waals surface area (Å²) in [5, 5.41) is 13.7. The summed E-state index contributed by atoms with van der Waals surface area (Å²) in [6.45, 7) is 2.80. The van der Waals surface area contributed by atoms with Crippen molar-refractivity contribution in [1.82, 2.24) is 9.88 Å². The van der Waals surface area contributed by atoms with E-state index in [2.05, 4.69) is 15.0 Å². The standard InChI is InChI=1S/C22H20ClFN4O2/c23-17-2-8-20(9-3-17)30-21-10-1-16(15-25-21)22(26-29)28-13-11-27(12-14-28)19-6-4-18(24)5-7-19/h1-10,15,29H,11-14H2/b26-22-. The first-order chi connectivity index (χ1) is 14.6. The van der Waals surface area contributed by atoms with Crippen LogP contribution in [0.15, 0.2) is 72.0 Å². The Kier molecular flexibility index (Phi) is 5.99. The first kappa shape index (κ1) is 20.0. The van der Waals surface area contributed by atoms with E-state index in [1.54, 1.807) is 54.7 Å². The second-order valence-electron chi connectivity index (χ2n) is 6.82. The third-order valence-electron chi connectivity index (χ3n) is 4.90. The Bertz CT molecular complexity index is 1000. The molecule has 1 N–H and O–H groups in total. The quantitative estimate of drug-likeness (QED) is 0.285. The van der Waals surface area contributed by atoms with E-state index in [-0.39, 0.29) is 5.82 Å². The van der Waals surface area contributed by atoms with Crippen molar-refractivity contribution in [2.24, 2.45) is 5.16 Å². The molecule has 0 spiro atoms. The van der Waals surface area contributed by atoms with Crippen molar-refractivity contribution in [2.75, 3.05) is 31.1 Å². The molecule has 154 valence electrons. The molecule has 0 bridgehead atoms. The van der Waals surface area contributed by atoms with Gasteiger partial charge in [-0.3, -0.25) is 0 Å². The predicted molar refractivity (Wildman–Crippen MR) is 114 cm³/mol.